The van der Waals surface area contributed by atoms with Gasteiger partial charge in [0.2, 0.25) is 0 Å². The first-order valence-corrected chi connectivity index (χ1v) is 6.52. The van der Waals surface area contributed by atoms with Gasteiger partial charge in [-0.3, -0.25) is 4.90 Å². The van der Waals surface area contributed by atoms with E-state index in [0.717, 1.165) is 38.3 Å². The maximum Gasteiger partial charge on any atom is 0.0695 e. The molecule has 0 aliphatic heterocycles. The highest BCUT2D eigenvalue weighted by atomic mass is 16.5. The first-order chi connectivity index (χ1) is 7.60. The number of hydrogen-bond acceptors (Lipinski definition) is 3. The molecule has 1 rings (SSSR count). The SMILES string of the molecule is CCN(C(C)COC)C1CC(C)CCC1O. The van der Waals surface area contributed by atoms with Crippen molar-refractivity contribution >= 4 is 0 Å². The van der Waals surface area contributed by atoms with E-state index in [1.807, 2.05) is 0 Å². The van der Waals surface area contributed by atoms with Crippen molar-refractivity contribution in [2.24, 2.45) is 5.92 Å². The summed E-state index contributed by atoms with van der Waals surface area (Å²) in [6, 6.07) is 0.707. The van der Waals surface area contributed by atoms with Crippen LogP contribution in [0.4, 0.5) is 0 Å². The lowest BCUT2D eigenvalue weighted by Crippen LogP contribution is -2.51. The third kappa shape index (κ3) is 3.44. The molecule has 1 N–H and O–H groups in total. The molecule has 16 heavy (non-hydrogen) atoms. The van der Waals surface area contributed by atoms with Gasteiger partial charge in [0.15, 0.2) is 0 Å². The van der Waals surface area contributed by atoms with Crippen molar-refractivity contribution in [1.82, 2.24) is 4.90 Å². The van der Waals surface area contributed by atoms with E-state index in [0.29, 0.717) is 12.1 Å². The molecule has 3 nitrogen and oxygen atoms in total. The van der Waals surface area contributed by atoms with Crippen LogP contribution in [0.2, 0.25) is 0 Å². The molecule has 0 saturated heterocycles. The Morgan fingerprint density at radius 2 is 2.12 bits per heavy atom. The lowest BCUT2D eigenvalue weighted by Gasteiger charge is -2.42. The van der Waals surface area contributed by atoms with E-state index < -0.39 is 0 Å². The molecule has 0 spiro atoms. The molecule has 0 aromatic heterocycles. The topological polar surface area (TPSA) is 32.7 Å². The highest BCUT2D eigenvalue weighted by molar-refractivity contribution is 4.87. The summed E-state index contributed by atoms with van der Waals surface area (Å²) in [4.78, 5) is 2.39. The van der Waals surface area contributed by atoms with Gasteiger partial charge in [-0.05, 0) is 38.6 Å². The Morgan fingerprint density at radius 3 is 2.69 bits per heavy atom. The van der Waals surface area contributed by atoms with Crippen molar-refractivity contribution in [2.75, 3.05) is 20.3 Å². The Kier molecular flexibility index (Phi) is 5.73. The summed E-state index contributed by atoms with van der Waals surface area (Å²) in [5, 5.41) is 10.1. The maximum atomic E-state index is 10.1. The van der Waals surface area contributed by atoms with E-state index in [4.69, 9.17) is 4.74 Å². The zero-order valence-corrected chi connectivity index (χ0v) is 11.1. The Balaban J connectivity index is 2.62. The van der Waals surface area contributed by atoms with Gasteiger partial charge in [0.25, 0.3) is 0 Å². The number of aliphatic hydroxyl groups is 1. The van der Waals surface area contributed by atoms with Crippen LogP contribution in [0.15, 0.2) is 0 Å². The van der Waals surface area contributed by atoms with Crippen molar-refractivity contribution in [3.63, 3.8) is 0 Å². The third-order valence-electron chi connectivity index (χ3n) is 3.81. The second kappa shape index (κ2) is 6.58. The van der Waals surface area contributed by atoms with Gasteiger partial charge in [-0.15, -0.1) is 0 Å². The average Bonchev–Trinajstić information content (AvgIpc) is 2.24. The average molecular weight is 229 g/mol. The minimum absolute atomic E-state index is 0.157. The van der Waals surface area contributed by atoms with Gasteiger partial charge < -0.3 is 9.84 Å². The summed E-state index contributed by atoms with van der Waals surface area (Å²) >= 11 is 0. The molecule has 0 aromatic carbocycles. The summed E-state index contributed by atoms with van der Waals surface area (Å²) in [7, 11) is 1.74. The van der Waals surface area contributed by atoms with Gasteiger partial charge in [-0.25, -0.2) is 0 Å². The lowest BCUT2D eigenvalue weighted by atomic mass is 9.83. The monoisotopic (exact) mass is 229 g/mol. The lowest BCUT2D eigenvalue weighted by molar-refractivity contribution is -0.0234. The van der Waals surface area contributed by atoms with Crippen LogP contribution in [0, 0.1) is 5.92 Å². The normalized spacial score (nSPS) is 33.0. The first kappa shape index (κ1) is 13.9. The fraction of sp³-hybridized carbons (Fsp3) is 1.00. The zero-order valence-electron chi connectivity index (χ0n) is 11.1. The molecule has 1 saturated carbocycles. The molecule has 4 atom stereocenters. The minimum atomic E-state index is -0.157. The van der Waals surface area contributed by atoms with Crippen molar-refractivity contribution in [2.45, 2.75) is 58.2 Å². The highest BCUT2D eigenvalue weighted by Crippen LogP contribution is 2.28. The molecule has 0 heterocycles. The van der Waals surface area contributed by atoms with E-state index in [2.05, 4.69) is 25.7 Å². The molecular formula is C13H27NO2. The Bertz CT molecular complexity index is 198. The number of methoxy groups -OCH3 is 1. The number of hydrogen-bond donors (Lipinski definition) is 1. The molecule has 4 unspecified atom stereocenters. The van der Waals surface area contributed by atoms with Crippen LogP contribution in [-0.4, -0.2) is 48.5 Å². The molecule has 1 fully saturated rings. The number of ether oxygens (including phenoxy) is 1. The molecule has 0 bridgehead atoms. The van der Waals surface area contributed by atoms with E-state index >= 15 is 0 Å². The number of nitrogens with zero attached hydrogens (tertiary/aromatic N) is 1. The maximum absolute atomic E-state index is 10.1. The molecule has 3 heteroatoms. The van der Waals surface area contributed by atoms with Crippen molar-refractivity contribution in [3.8, 4) is 0 Å². The molecule has 1 aliphatic carbocycles. The van der Waals surface area contributed by atoms with E-state index in [1.54, 1.807) is 7.11 Å². The van der Waals surface area contributed by atoms with Gasteiger partial charge in [0.1, 0.15) is 0 Å². The third-order valence-corrected chi connectivity index (χ3v) is 3.81. The van der Waals surface area contributed by atoms with Crippen LogP contribution in [0.5, 0.6) is 0 Å². The molecule has 0 amide bonds. The van der Waals surface area contributed by atoms with Crippen LogP contribution in [0.3, 0.4) is 0 Å². The predicted molar refractivity (Wildman–Crippen MR) is 66.5 cm³/mol. The van der Waals surface area contributed by atoms with Gasteiger partial charge in [0.05, 0.1) is 12.7 Å². The van der Waals surface area contributed by atoms with Gasteiger partial charge in [-0.1, -0.05) is 13.8 Å². The zero-order chi connectivity index (χ0) is 12.1. The number of aliphatic hydroxyl groups excluding tert-OH is 1. The van der Waals surface area contributed by atoms with E-state index in [1.165, 1.54) is 0 Å². The Labute approximate surface area is 99.8 Å². The summed E-state index contributed by atoms with van der Waals surface area (Å²) in [6.45, 7) is 8.36. The number of rotatable bonds is 5. The summed E-state index contributed by atoms with van der Waals surface area (Å²) < 4.78 is 5.22. The van der Waals surface area contributed by atoms with Gasteiger partial charge >= 0.3 is 0 Å². The van der Waals surface area contributed by atoms with Crippen LogP contribution in [0.1, 0.15) is 40.0 Å². The van der Waals surface area contributed by atoms with Crippen LogP contribution >= 0.6 is 0 Å². The standard InChI is InChI=1S/C13H27NO2/c1-5-14(11(3)9-16-4)12-8-10(2)6-7-13(12)15/h10-13,15H,5-9H2,1-4H3. The summed E-state index contributed by atoms with van der Waals surface area (Å²) in [6.07, 6.45) is 3.06. The number of likely N-dealkylation sites (N-methyl/N-ethyl adjacent to an activating group) is 1. The quantitative estimate of drug-likeness (QED) is 0.781. The van der Waals surface area contributed by atoms with E-state index in [-0.39, 0.29) is 6.10 Å². The molecule has 1 aliphatic rings. The summed E-state index contributed by atoms with van der Waals surface area (Å²) in [5.41, 5.74) is 0. The van der Waals surface area contributed by atoms with Gasteiger partial charge in [-0.2, -0.15) is 0 Å². The fourth-order valence-corrected chi connectivity index (χ4v) is 2.90. The second-order valence-corrected chi connectivity index (χ2v) is 5.19. The van der Waals surface area contributed by atoms with E-state index in [9.17, 15) is 5.11 Å². The van der Waals surface area contributed by atoms with Crippen molar-refractivity contribution < 1.29 is 9.84 Å². The minimum Gasteiger partial charge on any atom is -0.391 e. The van der Waals surface area contributed by atoms with Crippen LogP contribution in [-0.2, 0) is 4.74 Å². The molecular weight excluding hydrogens is 202 g/mol. The molecule has 0 radical (unpaired) electrons. The highest BCUT2D eigenvalue weighted by Gasteiger charge is 2.33. The Hall–Kier alpha value is -0.120. The van der Waals surface area contributed by atoms with Crippen molar-refractivity contribution in [1.29, 1.82) is 0 Å². The molecule has 0 aromatic rings. The predicted octanol–water partition coefficient (Wildman–Crippen LogP) is 1.89. The largest absolute Gasteiger partial charge is 0.391 e. The molecule has 96 valence electrons. The van der Waals surface area contributed by atoms with Crippen LogP contribution < -0.4 is 0 Å². The van der Waals surface area contributed by atoms with Crippen LogP contribution in [0.25, 0.3) is 0 Å². The first-order valence-electron chi connectivity index (χ1n) is 6.52. The van der Waals surface area contributed by atoms with Gasteiger partial charge in [0, 0.05) is 19.2 Å². The Morgan fingerprint density at radius 1 is 1.44 bits per heavy atom. The second-order valence-electron chi connectivity index (χ2n) is 5.19. The smallest absolute Gasteiger partial charge is 0.0695 e. The fourth-order valence-electron chi connectivity index (χ4n) is 2.90. The summed E-state index contributed by atoms with van der Waals surface area (Å²) in [5.74, 6) is 0.734. The van der Waals surface area contributed by atoms with Crippen molar-refractivity contribution in [3.05, 3.63) is 0 Å².